The Morgan fingerprint density at radius 3 is 2.07 bits per heavy atom. The second-order valence-electron chi connectivity index (χ2n) is 11.7. The van der Waals surface area contributed by atoms with Crippen molar-refractivity contribution in [3.8, 4) is 33.9 Å². The summed E-state index contributed by atoms with van der Waals surface area (Å²) in [6, 6.07) is 34.4. The number of nitrogens with zero attached hydrogens (tertiary/aromatic N) is 4. The molecule has 3 aromatic carbocycles. The van der Waals surface area contributed by atoms with Crippen molar-refractivity contribution < 1.29 is 9.31 Å². The van der Waals surface area contributed by atoms with Gasteiger partial charge in [-0.1, -0.05) is 108 Å². The van der Waals surface area contributed by atoms with Crippen LogP contribution in [0, 0.1) is 0 Å². The summed E-state index contributed by atoms with van der Waals surface area (Å²) in [4.78, 5) is 13.6. The molecule has 6 nitrogen and oxygen atoms in total. The Hall–Kier alpha value is -4.01. The summed E-state index contributed by atoms with van der Waals surface area (Å²) in [5.41, 5.74) is 6.83. The molecule has 218 valence electrons. The summed E-state index contributed by atoms with van der Waals surface area (Å²) in [6.45, 7) is 6.28. The molecule has 0 radical (unpaired) electrons. The molecule has 44 heavy (non-hydrogen) atoms. The minimum atomic E-state index is -0.574. The monoisotopic (exact) mass is 618 g/mol. The van der Waals surface area contributed by atoms with Gasteiger partial charge < -0.3 is 9.31 Å². The SMILES string of the molecule is CC1(C)OB(c2ccc(-c3nc4ccccn4c3-c3ccccc3)cc2)OC1(C)Cc1ccc(-c2nc(Cl)cc(Cl)n2)cc1. The van der Waals surface area contributed by atoms with Crippen LogP contribution in [0.1, 0.15) is 26.3 Å². The Morgan fingerprint density at radius 1 is 0.705 bits per heavy atom. The molecule has 6 aromatic rings. The van der Waals surface area contributed by atoms with Crippen LogP contribution in [0.5, 0.6) is 0 Å². The number of pyridine rings is 1. The highest BCUT2D eigenvalue weighted by Gasteiger charge is 2.54. The van der Waals surface area contributed by atoms with E-state index in [9.17, 15) is 0 Å². The highest BCUT2D eigenvalue weighted by atomic mass is 35.5. The number of hydrogen-bond acceptors (Lipinski definition) is 5. The van der Waals surface area contributed by atoms with E-state index in [0.29, 0.717) is 22.6 Å². The predicted octanol–water partition coefficient (Wildman–Crippen LogP) is 7.95. The van der Waals surface area contributed by atoms with Crippen LogP contribution in [0.4, 0.5) is 0 Å². The quantitative estimate of drug-likeness (QED) is 0.140. The third-order valence-electron chi connectivity index (χ3n) is 8.49. The zero-order valence-electron chi connectivity index (χ0n) is 24.5. The molecule has 0 N–H and O–H groups in total. The van der Waals surface area contributed by atoms with E-state index in [1.54, 1.807) is 0 Å². The lowest BCUT2D eigenvalue weighted by molar-refractivity contribution is -0.00876. The third-order valence-corrected chi connectivity index (χ3v) is 8.88. The van der Waals surface area contributed by atoms with Crippen molar-refractivity contribution in [1.29, 1.82) is 0 Å². The summed E-state index contributed by atoms with van der Waals surface area (Å²) in [7, 11) is -0.500. The zero-order chi connectivity index (χ0) is 30.5. The van der Waals surface area contributed by atoms with Crippen LogP contribution in [-0.4, -0.2) is 37.7 Å². The van der Waals surface area contributed by atoms with E-state index < -0.39 is 18.3 Å². The van der Waals surface area contributed by atoms with Gasteiger partial charge in [0.15, 0.2) is 5.82 Å². The molecule has 1 fully saturated rings. The summed E-state index contributed by atoms with van der Waals surface area (Å²) >= 11 is 12.2. The van der Waals surface area contributed by atoms with Gasteiger partial charge in [-0.05, 0) is 43.9 Å². The third kappa shape index (κ3) is 5.31. The van der Waals surface area contributed by atoms with Crippen molar-refractivity contribution in [1.82, 2.24) is 19.4 Å². The first-order valence-electron chi connectivity index (χ1n) is 14.5. The maximum absolute atomic E-state index is 6.69. The van der Waals surface area contributed by atoms with Crippen LogP contribution in [0.15, 0.2) is 109 Å². The van der Waals surface area contributed by atoms with E-state index >= 15 is 0 Å². The van der Waals surface area contributed by atoms with Gasteiger partial charge in [0.25, 0.3) is 0 Å². The van der Waals surface area contributed by atoms with Crippen molar-refractivity contribution in [3.05, 3.63) is 125 Å². The van der Waals surface area contributed by atoms with Crippen LogP contribution in [-0.2, 0) is 15.7 Å². The molecule has 0 aliphatic carbocycles. The maximum atomic E-state index is 6.69. The number of imidazole rings is 1. The summed E-state index contributed by atoms with van der Waals surface area (Å²) in [5.74, 6) is 0.490. The van der Waals surface area contributed by atoms with E-state index in [1.165, 1.54) is 6.07 Å². The molecule has 0 amide bonds. The summed E-state index contributed by atoms with van der Waals surface area (Å²) < 4.78 is 15.4. The van der Waals surface area contributed by atoms with Gasteiger partial charge in [-0.2, -0.15) is 0 Å². The molecule has 1 saturated heterocycles. The standard InChI is InChI=1S/C35H29BCl2N4O2/c1-34(2)35(3,22-23-12-14-26(15-13-23)33-39-28(37)21-29(38)40-33)44-36(43-34)27-18-16-24(17-19-27)31-32(25-9-5-4-6-10-25)42-20-8-7-11-30(42)41-31/h4-21H,22H2,1-3H3. The summed E-state index contributed by atoms with van der Waals surface area (Å²) in [5, 5.41) is 0.618. The van der Waals surface area contributed by atoms with Gasteiger partial charge in [0.05, 0.1) is 22.6 Å². The summed E-state index contributed by atoms with van der Waals surface area (Å²) in [6.07, 6.45) is 2.72. The van der Waals surface area contributed by atoms with Crippen molar-refractivity contribution >= 4 is 41.4 Å². The molecule has 4 heterocycles. The molecular formula is C35H29BCl2N4O2. The van der Waals surface area contributed by atoms with Gasteiger partial charge in [-0.25, -0.2) is 15.0 Å². The number of halogens is 2. The lowest BCUT2D eigenvalue weighted by atomic mass is 9.78. The van der Waals surface area contributed by atoms with Gasteiger partial charge in [0, 0.05) is 35.4 Å². The Morgan fingerprint density at radius 2 is 1.36 bits per heavy atom. The molecule has 9 heteroatoms. The van der Waals surface area contributed by atoms with Crippen LogP contribution >= 0.6 is 23.2 Å². The van der Waals surface area contributed by atoms with Crippen LogP contribution < -0.4 is 5.46 Å². The average Bonchev–Trinajstić information content (AvgIpc) is 3.51. The number of aromatic nitrogens is 4. The maximum Gasteiger partial charge on any atom is 0.494 e. The minimum Gasteiger partial charge on any atom is -0.399 e. The van der Waals surface area contributed by atoms with Crippen molar-refractivity contribution in [2.24, 2.45) is 0 Å². The van der Waals surface area contributed by atoms with E-state index in [4.69, 9.17) is 37.5 Å². The Balaban J connectivity index is 1.13. The fraction of sp³-hybridized carbons (Fsp3) is 0.171. The number of benzene rings is 3. The fourth-order valence-corrected chi connectivity index (χ4v) is 6.16. The topological polar surface area (TPSA) is 61.5 Å². The first-order valence-corrected chi connectivity index (χ1v) is 15.2. The molecule has 3 aromatic heterocycles. The highest BCUT2D eigenvalue weighted by Crippen LogP contribution is 2.40. The van der Waals surface area contributed by atoms with E-state index in [1.807, 2.05) is 36.4 Å². The van der Waals surface area contributed by atoms with E-state index in [2.05, 4.69) is 102 Å². The second kappa shape index (κ2) is 11.2. The lowest BCUT2D eigenvalue weighted by Gasteiger charge is -2.36. The number of rotatable bonds is 6. The first kappa shape index (κ1) is 28.7. The van der Waals surface area contributed by atoms with Crippen LogP contribution in [0.3, 0.4) is 0 Å². The molecular weight excluding hydrogens is 590 g/mol. The second-order valence-corrected chi connectivity index (χ2v) is 12.5. The van der Waals surface area contributed by atoms with Gasteiger partial charge in [-0.15, -0.1) is 0 Å². The van der Waals surface area contributed by atoms with Crippen LogP contribution in [0.2, 0.25) is 10.3 Å². The van der Waals surface area contributed by atoms with Crippen molar-refractivity contribution in [3.63, 3.8) is 0 Å². The van der Waals surface area contributed by atoms with Crippen molar-refractivity contribution in [2.45, 2.75) is 38.4 Å². The minimum absolute atomic E-state index is 0.309. The van der Waals surface area contributed by atoms with Crippen LogP contribution in [0.25, 0.3) is 39.5 Å². The van der Waals surface area contributed by atoms with Crippen molar-refractivity contribution in [2.75, 3.05) is 0 Å². The van der Waals surface area contributed by atoms with Gasteiger partial charge in [-0.3, -0.25) is 4.40 Å². The molecule has 1 aliphatic heterocycles. The van der Waals surface area contributed by atoms with E-state index in [0.717, 1.165) is 44.8 Å². The molecule has 1 aliphatic rings. The fourth-order valence-electron chi connectivity index (χ4n) is 5.73. The predicted molar refractivity (Wildman–Crippen MR) is 177 cm³/mol. The molecule has 1 atom stereocenters. The smallest absolute Gasteiger partial charge is 0.399 e. The molecule has 0 saturated carbocycles. The van der Waals surface area contributed by atoms with E-state index in [-0.39, 0.29) is 0 Å². The first-order chi connectivity index (χ1) is 21.2. The van der Waals surface area contributed by atoms with Gasteiger partial charge in [0.2, 0.25) is 0 Å². The molecule has 0 bridgehead atoms. The Bertz CT molecular complexity index is 1940. The van der Waals surface area contributed by atoms with Gasteiger partial charge in [0.1, 0.15) is 16.0 Å². The molecule has 7 rings (SSSR count). The normalized spacial score (nSPS) is 17.8. The highest BCUT2D eigenvalue weighted by molar-refractivity contribution is 6.62. The zero-order valence-corrected chi connectivity index (χ0v) is 26.0. The average molecular weight is 619 g/mol. The lowest BCUT2D eigenvalue weighted by Crippen LogP contribution is -2.46. The number of fused-ring (bicyclic) bond motifs is 1. The Kier molecular flexibility index (Phi) is 7.30. The largest absolute Gasteiger partial charge is 0.494 e. The Labute approximate surface area is 266 Å². The number of hydrogen-bond donors (Lipinski definition) is 0. The molecule has 1 unspecified atom stereocenters. The molecule has 0 spiro atoms. The van der Waals surface area contributed by atoms with Gasteiger partial charge >= 0.3 is 7.12 Å².